The summed E-state index contributed by atoms with van der Waals surface area (Å²) < 4.78 is 32.8. The van der Waals surface area contributed by atoms with E-state index < -0.39 is 10.0 Å². The third-order valence-electron chi connectivity index (χ3n) is 6.87. The number of piperidine rings is 2. The Hall–Kier alpha value is -2.42. The van der Waals surface area contributed by atoms with Crippen LogP contribution in [-0.2, 0) is 27.9 Å². The van der Waals surface area contributed by atoms with Crippen molar-refractivity contribution in [2.75, 3.05) is 33.3 Å². The Kier molecular flexibility index (Phi) is 8.24. The molecule has 0 radical (unpaired) electrons. The molecule has 0 spiro atoms. The SMILES string of the molecule is COc1ccc(S(=O)(=O)N2CCC[C@@H](C(=O)NCc3ccccc3CN3CCCCC3)C2)cc1. The molecule has 2 aliphatic rings. The van der Waals surface area contributed by atoms with E-state index in [0.717, 1.165) is 25.2 Å². The van der Waals surface area contributed by atoms with E-state index in [9.17, 15) is 13.2 Å². The van der Waals surface area contributed by atoms with Crippen molar-refractivity contribution in [3.05, 3.63) is 59.7 Å². The number of rotatable bonds is 8. The number of amides is 1. The Bertz CT molecular complexity index is 1070. The minimum absolute atomic E-state index is 0.0811. The van der Waals surface area contributed by atoms with Crippen molar-refractivity contribution in [3.8, 4) is 5.75 Å². The first-order valence-electron chi connectivity index (χ1n) is 12.2. The molecule has 0 bridgehead atoms. The molecule has 0 aromatic heterocycles. The van der Waals surface area contributed by atoms with Gasteiger partial charge in [0.05, 0.1) is 17.9 Å². The zero-order valence-electron chi connectivity index (χ0n) is 19.9. The van der Waals surface area contributed by atoms with Crippen molar-refractivity contribution in [3.63, 3.8) is 0 Å². The monoisotopic (exact) mass is 485 g/mol. The second-order valence-electron chi connectivity index (χ2n) is 9.20. The van der Waals surface area contributed by atoms with E-state index in [2.05, 4.69) is 22.3 Å². The van der Waals surface area contributed by atoms with Crippen LogP contribution < -0.4 is 10.1 Å². The maximum Gasteiger partial charge on any atom is 0.243 e. The quantitative estimate of drug-likeness (QED) is 0.620. The lowest BCUT2D eigenvalue weighted by molar-refractivity contribution is -0.126. The third kappa shape index (κ3) is 5.98. The molecule has 8 heteroatoms. The first-order valence-corrected chi connectivity index (χ1v) is 13.6. The maximum absolute atomic E-state index is 13.1. The molecule has 2 saturated heterocycles. The topological polar surface area (TPSA) is 79.0 Å². The fourth-order valence-corrected chi connectivity index (χ4v) is 6.36. The Morgan fingerprint density at radius 2 is 1.68 bits per heavy atom. The van der Waals surface area contributed by atoms with Crippen molar-refractivity contribution in [2.45, 2.75) is 50.1 Å². The summed E-state index contributed by atoms with van der Waals surface area (Å²) in [5.74, 6) is 0.175. The van der Waals surface area contributed by atoms with Gasteiger partial charge in [-0.1, -0.05) is 30.7 Å². The second kappa shape index (κ2) is 11.3. The smallest absolute Gasteiger partial charge is 0.243 e. The van der Waals surface area contributed by atoms with E-state index in [1.807, 2.05) is 12.1 Å². The van der Waals surface area contributed by atoms with Crippen molar-refractivity contribution in [1.29, 1.82) is 0 Å². The average Bonchev–Trinajstić information content (AvgIpc) is 2.88. The van der Waals surface area contributed by atoms with E-state index in [1.165, 1.54) is 29.1 Å². The Morgan fingerprint density at radius 1 is 0.971 bits per heavy atom. The predicted molar refractivity (Wildman–Crippen MR) is 132 cm³/mol. The van der Waals surface area contributed by atoms with Crippen LogP contribution in [0.5, 0.6) is 5.75 Å². The number of nitrogens with zero attached hydrogens (tertiary/aromatic N) is 2. The van der Waals surface area contributed by atoms with E-state index in [-0.39, 0.29) is 23.3 Å². The summed E-state index contributed by atoms with van der Waals surface area (Å²) in [5, 5.41) is 3.08. The zero-order chi connectivity index (χ0) is 24.0. The molecule has 2 aromatic rings. The number of hydrogen-bond acceptors (Lipinski definition) is 5. The molecule has 34 heavy (non-hydrogen) atoms. The van der Waals surface area contributed by atoms with Crippen molar-refractivity contribution < 1.29 is 17.9 Å². The third-order valence-corrected chi connectivity index (χ3v) is 8.75. The lowest BCUT2D eigenvalue weighted by atomic mass is 9.98. The fourth-order valence-electron chi connectivity index (χ4n) is 4.84. The Morgan fingerprint density at radius 3 is 2.38 bits per heavy atom. The van der Waals surface area contributed by atoms with Crippen LogP contribution in [0, 0.1) is 5.92 Å². The first-order chi connectivity index (χ1) is 16.5. The van der Waals surface area contributed by atoms with E-state index in [1.54, 1.807) is 31.4 Å². The van der Waals surface area contributed by atoms with Crippen LogP contribution in [-0.4, -0.2) is 56.8 Å². The van der Waals surface area contributed by atoms with Gasteiger partial charge in [0.1, 0.15) is 5.75 Å². The van der Waals surface area contributed by atoms with Gasteiger partial charge in [-0.3, -0.25) is 9.69 Å². The molecule has 1 N–H and O–H groups in total. The zero-order valence-corrected chi connectivity index (χ0v) is 20.7. The molecule has 0 saturated carbocycles. The lowest BCUT2D eigenvalue weighted by Gasteiger charge is -2.31. The standard InChI is InChI=1S/C26H35N3O4S/c1-33-24-11-13-25(14-12-24)34(31,32)29-17-7-10-23(20-29)26(30)27-18-21-8-3-4-9-22(21)19-28-15-5-2-6-16-28/h3-4,8-9,11-14,23H,2,5-7,10,15-20H2,1H3,(H,27,30)/t23-/m1/s1. The number of hydrogen-bond donors (Lipinski definition) is 1. The summed E-state index contributed by atoms with van der Waals surface area (Å²) in [6.45, 7) is 4.25. The van der Waals surface area contributed by atoms with Crippen LogP contribution in [0.25, 0.3) is 0 Å². The molecule has 2 fully saturated rings. The van der Waals surface area contributed by atoms with Gasteiger partial charge in [0.25, 0.3) is 0 Å². The predicted octanol–water partition coefficient (Wildman–Crippen LogP) is 3.40. The number of carbonyl (C=O) groups excluding carboxylic acids is 1. The van der Waals surface area contributed by atoms with Crippen LogP contribution in [0.4, 0.5) is 0 Å². The van der Waals surface area contributed by atoms with Gasteiger partial charge in [-0.2, -0.15) is 4.31 Å². The highest BCUT2D eigenvalue weighted by molar-refractivity contribution is 7.89. The molecule has 2 aliphatic heterocycles. The van der Waals surface area contributed by atoms with E-state index in [0.29, 0.717) is 31.7 Å². The molecule has 4 rings (SSSR count). The molecule has 1 atom stereocenters. The molecule has 2 heterocycles. The molecule has 2 aromatic carbocycles. The van der Waals surface area contributed by atoms with Crippen molar-refractivity contribution >= 4 is 15.9 Å². The molecular weight excluding hydrogens is 450 g/mol. The largest absolute Gasteiger partial charge is 0.497 e. The molecule has 1 amide bonds. The average molecular weight is 486 g/mol. The van der Waals surface area contributed by atoms with Crippen molar-refractivity contribution in [1.82, 2.24) is 14.5 Å². The molecular formula is C26H35N3O4S. The Balaban J connectivity index is 1.36. The van der Waals surface area contributed by atoms with Gasteiger partial charge in [0, 0.05) is 26.2 Å². The van der Waals surface area contributed by atoms with Crippen LogP contribution in [0.15, 0.2) is 53.4 Å². The summed E-state index contributed by atoms with van der Waals surface area (Å²) in [5.41, 5.74) is 2.37. The molecule has 0 unspecified atom stereocenters. The normalized spacial score (nSPS) is 20.1. The van der Waals surface area contributed by atoms with Gasteiger partial charge in [0.2, 0.25) is 15.9 Å². The molecule has 184 valence electrons. The summed E-state index contributed by atoms with van der Waals surface area (Å²) in [6, 6.07) is 14.7. The highest BCUT2D eigenvalue weighted by Gasteiger charge is 2.33. The highest BCUT2D eigenvalue weighted by Crippen LogP contribution is 2.25. The van der Waals surface area contributed by atoms with Crippen LogP contribution >= 0.6 is 0 Å². The number of likely N-dealkylation sites (tertiary alicyclic amines) is 1. The fraction of sp³-hybridized carbons (Fsp3) is 0.500. The Labute approximate surface area is 203 Å². The number of ether oxygens (including phenoxy) is 1. The second-order valence-corrected chi connectivity index (χ2v) is 11.1. The van der Waals surface area contributed by atoms with Crippen LogP contribution in [0.2, 0.25) is 0 Å². The number of methoxy groups -OCH3 is 1. The number of carbonyl (C=O) groups is 1. The van der Waals surface area contributed by atoms with Crippen LogP contribution in [0.3, 0.4) is 0 Å². The van der Waals surface area contributed by atoms with Gasteiger partial charge in [0.15, 0.2) is 0 Å². The van der Waals surface area contributed by atoms with E-state index >= 15 is 0 Å². The first kappa shape index (κ1) is 24.7. The minimum Gasteiger partial charge on any atom is -0.497 e. The maximum atomic E-state index is 13.1. The van der Waals surface area contributed by atoms with Gasteiger partial charge >= 0.3 is 0 Å². The summed E-state index contributed by atoms with van der Waals surface area (Å²) in [7, 11) is -2.11. The van der Waals surface area contributed by atoms with Crippen LogP contribution in [0.1, 0.15) is 43.2 Å². The van der Waals surface area contributed by atoms with Gasteiger partial charge in [-0.25, -0.2) is 8.42 Å². The van der Waals surface area contributed by atoms with Gasteiger partial charge in [-0.15, -0.1) is 0 Å². The number of nitrogens with one attached hydrogen (secondary N) is 1. The lowest BCUT2D eigenvalue weighted by Crippen LogP contribution is -2.45. The number of benzene rings is 2. The summed E-state index contributed by atoms with van der Waals surface area (Å²) >= 11 is 0. The minimum atomic E-state index is -3.65. The van der Waals surface area contributed by atoms with E-state index in [4.69, 9.17) is 4.74 Å². The highest BCUT2D eigenvalue weighted by atomic mass is 32.2. The molecule has 0 aliphatic carbocycles. The van der Waals surface area contributed by atoms with Crippen molar-refractivity contribution in [2.24, 2.45) is 5.92 Å². The molecule has 7 nitrogen and oxygen atoms in total. The number of sulfonamides is 1. The van der Waals surface area contributed by atoms with Gasteiger partial charge < -0.3 is 10.1 Å². The summed E-state index contributed by atoms with van der Waals surface area (Å²) in [4.78, 5) is 15.7. The van der Waals surface area contributed by atoms with Gasteiger partial charge in [-0.05, 0) is 74.2 Å². The summed E-state index contributed by atoms with van der Waals surface area (Å²) in [6.07, 6.45) is 5.16.